The van der Waals surface area contributed by atoms with Gasteiger partial charge in [-0.15, -0.1) is 0 Å². The zero-order valence-corrected chi connectivity index (χ0v) is 14.8. The Balaban J connectivity index is 2.05. The van der Waals surface area contributed by atoms with Crippen molar-refractivity contribution >= 4 is 17.2 Å². The summed E-state index contributed by atoms with van der Waals surface area (Å²) in [6, 6.07) is 13.8. The number of anilines is 1. The highest BCUT2D eigenvalue weighted by Crippen LogP contribution is 2.52. The number of hydrogen-bond acceptors (Lipinski definition) is 4. The molecule has 0 spiro atoms. The lowest BCUT2D eigenvalue weighted by molar-refractivity contribution is -0.138. The zero-order valence-electron chi connectivity index (χ0n) is 14.8. The summed E-state index contributed by atoms with van der Waals surface area (Å²) in [5.41, 5.74) is 11.7. The molecule has 0 fully saturated rings. The normalized spacial score (nSPS) is 17.3. The monoisotopic (exact) mass is 337 g/mol. The van der Waals surface area contributed by atoms with Gasteiger partial charge in [0.1, 0.15) is 5.75 Å². The molecule has 4 heteroatoms. The van der Waals surface area contributed by atoms with Crippen molar-refractivity contribution in [2.45, 2.75) is 26.2 Å². The van der Waals surface area contributed by atoms with Crippen LogP contribution in [0, 0.1) is 0 Å². The first-order valence-electron chi connectivity index (χ1n) is 8.48. The second-order valence-electron chi connectivity index (χ2n) is 6.23. The molecular weight excluding hydrogens is 314 g/mol. The maximum atomic E-state index is 12.4. The summed E-state index contributed by atoms with van der Waals surface area (Å²) < 4.78 is 10.6. The quantitative estimate of drug-likeness (QED) is 0.506. The highest BCUT2D eigenvalue weighted by molar-refractivity contribution is 6.03. The third kappa shape index (κ3) is 3.12. The van der Waals surface area contributed by atoms with Crippen molar-refractivity contribution in [3.05, 3.63) is 64.7 Å². The predicted molar refractivity (Wildman–Crippen MR) is 99.5 cm³/mol. The minimum Gasteiger partial charge on any atom is -0.497 e. The van der Waals surface area contributed by atoms with Crippen LogP contribution in [-0.2, 0) is 9.53 Å². The van der Waals surface area contributed by atoms with Crippen molar-refractivity contribution < 1.29 is 14.3 Å². The Morgan fingerprint density at radius 3 is 2.52 bits per heavy atom. The summed E-state index contributed by atoms with van der Waals surface area (Å²) in [6.07, 6.45) is 0.809. The first-order valence-corrected chi connectivity index (χ1v) is 8.48. The number of allylic oxidation sites excluding steroid dienone is 1. The van der Waals surface area contributed by atoms with Gasteiger partial charge in [-0.05, 0) is 59.9 Å². The Hall–Kier alpha value is -2.75. The van der Waals surface area contributed by atoms with E-state index in [-0.39, 0.29) is 11.9 Å². The van der Waals surface area contributed by atoms with Gasteiger partial charge in [-0.2, -0.15) is 0 Å². The summed E-state index contributed by atoms with van der Waals surface area (Å²) in [5.74, 6) is 0.580. The van der Waals surface area contributed by atoms with Gasteiger partial charge in [0.15, 0.2) is 0 Å². The minimum atomic E-state index is -0.252. The summed E-state index contributed by atoms with van der Waals surface area (Å²) in [5, 5.41) is 0. The molecule has 2 aromatic carbocycles. The SMILES string of the molecule is CCCOC(=O)C(C)=C1c2ccc(N)cc2C1c1ccc(OC)cc1. The molecule has 2 aromatic rings. The molecule has 25 heavy (non-hydrogen) atoms. The lowest BCUT2D eigenvalue weighted by Crippen LogP contribution is -2.22. The number of ether oxygens (including phenoxy) is 2. The number of nitrogen functional groups attached to an aromatic ring is 1. The van der Waals surface area contributed by atoms with Crippen LogP contribution in [0.2, 0.25) is 0 Å². The van der Waals surface area contributed by atoms with Gasteiger partial charge in [-0.3, -0.25) is 0 Å². The fourth-order valence-electron chi connectivity index (χ4n) is 3.27. The summed E-state index contributed by atoms with van der Waals surface area (Å²) in [6.45, 7) is 4.26. The van der Waals surface area contributed by atoms with Crippen LogP contribution in [0.1, 0.15) is 42.9 Å². The van der Waals surface area contributed by atoms with E-state index in [4.69, 9.17) is 15.2 Å². The van der Waals surface area contributed by atoms with Crippen LogP contribution in [0.25, 0.3) is 5.57 Å². The van der Waals surface area contributed by atoms with Crippen LogP contribution >= 0.6 is 0 Å². The molecule has 0 radical (unpaired) electrons. The molecule has 2 N–H and O–H groups in total. The van der Waals surface area contributed by atoms with Gasteiger partial charge < -0.3 is 15.2 Å². The van der Waals surface area contributed by atoms with Crippen LogP contribution in [0.5, 0.6) is 5.75 Å². The van der Waals surface area contributed by atoms with Gasteiger partial charge in [-0.25, -0.2) is 4.79 Å². The van der Waals surface area contributed by atoms with Crippen molar-refractivity contribution in [1.82, 2.24) is 0 Å². The Morgan fingerprint density at radius 1 is 1.16 bits per heavy atom. The number of fused-ring (bicyclic) bond motifs is 1. The highest BCUT2D eigenvalue weighted by Gasteiger charge is 2.36. The van der Waals surface area contributed by atoms with Crippen LogP contribution < -0.4 is 10.5 Å². The Labute approximate surface area is 148 Å². The molecular formula is C21H23NO3. The zero-order chi connectivity index (χ0) is 18.0. The average molecular weight is 337 g/mol. The second kappa shape index (κ2) is 7.01. The maximum Gasteiger partial charge on any atom is 0.334 e. The predicted octanol–water partition coefficient (Wildman–Crippen LogP) is 4.15. The molecule has 4 nitrogen and oxygen atoms in total. The molecule has 0 saturated carbocycles. The van der Waals surface area contributed by atoms with Gasteiger partial charge >= 0.3 is 5.97 Å². The number of nitrogens with two attached hydrogens (primary N) is 1. The topological polar surface area (TPSA) is 61.5 Å². The molecule has 1 atom stereocenters. The lowest BCUT2D eigenvalue weighted by Gasteiger charge is -2.36. The van der Waals surface area contributed by atoms with Gasteiger partial charge in [0.25, 0.3) is 0 Å². The largest absolute Gasteiger partial charge is 0.497 e. The molecule has 1 aliphatic rings. The molecule has 130 valence electrons. The Morgan fingerprint density at radius 2 is 1.88 bits per heavy atom. The van der Waals surface area contributed by atoms with Crippen molar-refractivity contribution in [2.75, 3.05) is 19.5 Å². The van der Waals surface area contributed by atoms with Crippen LogP contribution in [-0.4, -0.2) is 19.7 Å². The minimum absolute atomic E-state index is 0.0265. The average Bonchev–Trinajstić information content (AvgIpc) is 2.62. The van der Waals surface area contributed by atoms with Gasteiger partial charge in [0.2, 0.25) is 0 Å². The molecule has 1 unspecified atom stereocenters. The number of carbonyl (C=O) groups excluding carboxylic acids is 1. The van der Waals surface area contributed by atoms with Gasteiger partial charge in [0, 0.05) is 17.2 Å². The van der Waals surface area contributed by atoms with E-state index in [2.05, 4.69) is 0 Å². The summed E-state index contributed by atoms with van der Waals surface area (Å²) in [7, 11) is 1.65. The number of hydrogen-bond donors (Lipinski definition) is 1. The van der Waals surface area contributed by atoms with E-state index in [1.807, 2.05) is 56.3 Å². The first kappa shape index (κ1) is 17.1. The summed E-state index contributed by atoms with van der Waals surface area (Å²) >= 11 is 0. The van der Waals surface area contributed by atoms with Gasteiger partial charge in [0.05, 0.1) is 13.7 Å². The molecule has 0 amide bonds. The van der Waals surface area contributed by atoms with Crippen LogP contribution in [0.3, 0.4) is 0 Å². The third-order valence-electron chi connectivity index (χ3n) is 4.56. The van der Waals surface area contributed by atoms with E-state index in [1.54, 1.807) is 7.11 Å². The van der Waals surface area contributed by atoms with E-state index < -0.39 is 0 Å². The molecule has 3 rings (SSSR count). The smallest absolute Gasteiger partial charge is 0.334 e. The Bertz CT molecular complexity index is 822. The molecule has 0 heterocycles. The molecule has 0 bridgehead atoms. The van der Waals surface area contributed by atoms with Crippen molar-refractivity contribution in [2.24, 2.45) is 0 Å². The number of esters is 1. The molecule has 0 aliphatic heterocycles. The fourth-order valence-corrected chi connectivity index (χ4v) is 3.27. The van der Waals surface area contributed by atoms with Crippen LogP contribution in [0.4, 0.5) is 5.69 Å². The fraction of sp³-hybridized carbons (Fsp3) is 0.286. The van der Waals surface area contributed by atoms with Crippen molar-refractivity contribution in [1.29, 1.82) is 0 Å². The van der Waals surface area contributed by atoms with Crippen LogP contribution in [0.15, 0.2) is 48.0 Å². The van der Waals surface area contributed by atoms with Crippen molar-refractivity contribution in [3.8, 4) is 5.75 Å². The van der Waals surface area contributed by atoms with E-state index in [0.717, 1.165) is 40.1 Å². The van der Waals surface area contributed by atoms with E-state index in [0.29, 0.717) is 12.2 Å². The number of rotatable bonds is 5. The van der Waals surface area contributed by atoms with Gasteiger partial charge in [-0.1, -0.05) is 25.1 Å². The maximum absolute atomic E-state index is 12.4. The van der Waals surface area contributed by atoms with E-state index in [9.17, 15) is 4.79 Å². The molecule has 1 aliphatic carbocycles. The molecule has 0 aromatic heterocycles. The Kier molecular flexibility index (Phi) is 4.79. The second-order valence-corrected chi connectivity index (χ2v) is 6.23. The number of methoxy groups -OCH3 is 1. The van der Waals surface area contributed by atoms with E-state index >= 15 is 0 Å². The number of carbonyl (C=O) groups is 1. The van der Waals surface area contributed by atoms with E-state index in [1.165, 1.54) is 0 Å². The third-order valence-corrected chi connectivity index (χ3v) is 4.56. The highest BCUT2D eigenvalue weighted by atomic mass is 16.5. The standard InChI is InChI=1S/C21H23NO3/c1-4-11-25-21(23)13(2)19-17-10-7-15(22)12-18(17)20(19)14-5-8-16(24-3)9-6-14/h5-10,12,20H,4,11,22H2,1-3H3. The first-order chi connectivity index (χ1) is 12.1. The van der Waals surface area contributed by atoms with Crippen molar-refractivity contribution in [3.63, 3.8) is 0 Å². The number of benzene rings is 2. The summed E-state index contributed by atoms with van der Waals surface area (Å²) in [4.78, 5) is 12.4. The molecule has 0 saturated heterocycles. The lowest BCUT2D eigenvalue weighted by atomic mass is 9.67.